The van der Waals surface area contributed by atoms with Gasteiger partial charge in [-0.25, -0.2) is 13.8 Å². The molecule has 0 saturated carbocycles. The molecule has 0 fully saturated rings. The van der Waals surface area contributed by atoms with E-state index in [-0.39, 0.29) is 11.6 Å². The maximum atomic E-state index is 13.8. The summed E-state index contributed by atoms with van der Waals surface area (Å²) in [5.41, 5.74) is 2.57. The number of halogens is 2. The number of aliphatic imine (C=N–C) groups is 1. The van der Waals surface area contributed by atoms with Crippen molar-refractivity contribution in [3.05, 3.63) is 78.1 Å². The summed E-state index contributed by atoms with van der Waals surface area (Å²) in [6.07, 6.45) is 4.07. The minimum absolute atomic E-state index is 0.0990. The van der Waals surface area contributed by atoms with Crippen LogP contribution < -0.4 is 15.4 Å². The molecule has 0 unspecified atom stereocenters. The first-order valence-electron chi connectivity index (χ1n) is 7.97. The Morgan fingerprint density at radius 1 is 1.36 bits per heavy atom. The monoisotopic (exact) mass is 345 g/mol. The van der Waals surface area contributed by atoms with Gasteiger partial charge in [-0.15, -0.1) is 0 Å². The van der Waals surface area contributed by atoms with Gasteiger partial charge in [0.15, 0.2) is 11.6 Å². The smallest absolute Gasteiger partial charge is 0.215 e. The van der Waals surface area contributed by atoms with Crippen molar-refractivity contribution < 1.29 is 13.5 Å². The van der Waals surface area contributed by atoms with Gasteiger partial charge in [-0.05, 0) is 31.6 Å². The molecule has 0 saturated heterocycles. The first kappa shape index (κ1) is 18.4. The highest BCUT2D eigenvalue weighted by Gasteiger charge is 2.20. The minimum atomic E-state index is -0.793. The number of rotatable bonds is 7. The van der Waals surface area contributed by atoms with E-state index in [2.05, 4.69) is 28.8 Å². The lowest BCUT2D eigenvalue weighted by Gasteiger charge is -2.12. The lowest BCUT2D eigenvalue weighted by molar-refractivity contribution is 0.388. The normalized spacial score (nSPS) is 15.8. The topological polar surface area (TPSA) is 45.7 Å². The lowest BCUT2D eigenvalue weighted by Crippen LogP contribution is -2.17. The summed E-state index contributed by atoms with van der Waals surface area (Å²) in [6, 6.07) is 3.12. The van der Waals surface area contributed by atoms with Crippen LogP contribution >= 0.6 is 0 Å². The number of hydrogen-bond donors (Lipinski definition) is 2. The van der Waals surface area contributed by atoms with Crippen molar-refractivity contribution in [1.82, 2.24) is 10.6 Å². The average molecular weight is 345 g/mol. The molecule has 25 heavy (non-hydrogen) atoms. The van der Waals surface area contributed by atoms with Crippen molar-refractivity contribution in [3.63, 3.8) is 0 Å². The molecule has 6 heteroatoms. The Balaban J connectivity index is 2.32. The van der Waals surface area contributed by atoms with Gasteiger partial charge in [0, 0.05) is 30.1 Å². The van der Waals surface area contributed by atoms with E-state index in [1.165, 1.54) is 6.07 Å². The summed E-state index contributed by atoms with van der Waals surface area (Å²) in [6.45, 7) is 12.5. The van der Waals surface area contributed by atoms with Gasteiger partial charge in [0.05, 0.1) is 5.70 Å². The summed E-state index contributed by atoms with van der Waals surface area (Å²) < 4.78 is 32.4. The number of hydrogen-bond acceptors (Lipinski definition) is 4. The first-order valence-corrected chi connectivity index (χ1v) is 7.97. The van der Waals surface area contributed by atoms with Crippen LogP contribution in [0, 0.1) is 11.6 Å². The number of likely N-dealkylation sites (N-methyl/N-ethyl adjacent to an activating group) is 1. The zero-order chi connectivity index (χ0) is 18.4. The highest BCUT2D eigenvalue weighted by Crippen LogP contribution is 2.23. The third-order valence-electron chi connectivity index (χ3n) is 3.36. The van der Waals surface area contributed by atoms with Crippen molar-refractivity contribution in [2.24, 2.45) is 4.99 Å². The number of nitrogens with zero attached hydrogens (tertiary/aromatic N) is 1. The molecule has 2 N–H and O–H groups in total. The Bertz CT molecular complexity index is 779. The minimum Gasteiger partial charge on any atom is -0.436 e. The highest BCUT2D eigenvalue weighted by atomic mass is 19.1. The lowest BCUT2D eigenvalue weighted by atomic mass is 10.1. The third-order valence-corrected chi connectivity index (χ3v) is 3.36. The number of ether oxygens (including phenoxy) is 1. The van der Waals surface area contributed by atoms with Crippen LogP contribution in [-0.4, -0.2) is 12.3 Å². The second kappa shape index (κ2) is 8.28. The Labute approximate surface area is 146 Å². The van der Waals surface area contributed by atoms with E-state index in [0.29, 0.717) is 30.1 Å². The Hall–Kier alpha value is -2.89. The Morgan fingerprint density at radius 3 is 2.76 bits per heavy atom. The Kier molecular flexibility index (Phi) is 6.11. The van der Waals surface area contributed by atoms with Crippen molar-refractivity contribution >= 4 is 5.71 Å². The van der Waals surface area contributed by atoms with Crippen LogP contribution in [0.15, 0.2) is 71.5 Å². The largest absolute Gasteiger partial charge is 0.436 e. The van der Waals surface area contributed by atoms with Crippen molar-refractivity contribution in [3.8, 4) is 5.75 Å². The maximum Gasteiger partial charge on any atom is 0.215 e. The van der Waals surface area contributed by atoms with Gasteiger partial charge in [0.2, 0.25) is 5.88 Å². The molecule has 0 aliphatic carbocycles. The predicted octanol–water partition coefficient (Wildman–Crippen LogP) is 4.16. The van der Waals surface area contributed by atoms with Gasteiger partial charge < -0.3 is 15.4 Å². The van der Waals surface area contributed by atoms with Crippen LogP contribution in [0.3, 0.4) is 0 Å². The van der Waals surface area contributed by atoms with Gasteiger partial charge in [-0.3, -0.25) is 0 Å². The van der Waals surface area contributed by atoms with Crippen LogP contribution in [0.25, 0.3) is 0 Å². The molecule has 2 rings (SSSR count). The van der Waals surface area contributed by atoms with E-state index in [4.69, 9.17) is 4.74 Å². The van der Waals surface area contributed by atoms with Crippen LogP contribution in [0.2, 0.25) is 0 Å². The predicted molar refractivity (Wildman–Crippen MR) is 96.0 cm³/mol. The summed E-state index contributed by atoms with van der Waals surface area (Å²) in [5, 5.41) is 6.12. The van der Waals surface area contributed by atoms with E-state index < -0.39 is 11.6 Å². The molecule has 4 nitrogen and oxygen atoms in total. The molecule has 0 bridgehead atoms. The molecule has 0 spiro atoms. The van der Waals surface area contributed by atoms with Crippen LogP contribution in [0.1, 0.15) is 20.3 Å². The summed E-state index contributed by atoms with van der Waals surface area (Å²) in [4.78, 5) is 4.45. The van der Waals surface area contributed by atoms with E-state index in [1.807, 2.05) is 13.8 Å². The average Bonchev–Trinajstić information content (AvgIpc) is 2.91. The van der Waals surface area contributed by atoms with Crippen LogP contribution in [0.4, 0.5) is 8.78 Å². The molecular weight excluding hydrogens is 324 g/mol. The second-order valence-corrected chi connectivity index (χ2v) is 5.28. The maximum absolute atomic E-state index is 13.8. The Morgan fingerprint density at radius 2 is 2.12 bits per heavy atom. The summed E-state index contributed by atoms with van der Waals surface area (Å²) in [7, 11) is 0. The molecule has 1 aliphatic rings. The number of allylic oxidation sites excluding steroid dienone is 3. The molecular formula is C19H21F2N3O. The number of benzene rings is 1. The summed E-state index contributed by atoms with van der Waals surface area (Å²) >= 11 is 0. The van der Waals surface area contributed by atoms with Crippen LogP contribution in [0.5, 0.6) is 5.75 Å². The number of nitrogens with one attached hydrogen (secondary N) is 2. The molecule has 132 valence electrons. The zero-order valence-corrected chi connectivity index (χ0v) is 14.3. The van der Waals surface area contributed by atoms with Gasteiger partial charge in [-0.2, -0.15) is 0 Å². The van der Waals surface area contributed by atoms with Crippen molar-refractivity contribution in [2.45, 2.75) is 20.3 Å². The zero-order valence-electron chi connectivity index (χ0n) is 14.3. The molecule has 0 aromatic heterocycles. The quantitative estimate of drug-likeness (QED) is 0.730. The molecule has 0 atom stereocenters. The molecule has 0 radical (unpaired) electrons. The van der Waals surface area contributed by atoms with Crippen molar-refractivity contribution in [1.29, 1.82) is 0 Å². The molecule has 1 aromatic carbocycles. The van der Waals surface area contributed by atoms with Gasteiger partial charge >= 0.3 is 0 Å². The molecule has 1 aromatic rings. The summed E-state index contributed by atoms with van der Waals surface area (Å²) in [5.74, 6) is -1.36. The fourth-order valence-electron chi connectivity index (χ4n) is 2.19. The van der Waals surface area contributed by atoms with Gasteiger partial charge in [0.25, 0.3) is 0 Å². The molecule has 1 heterocycles. The second-order valence-electron chi connectivity index (χ2n) is 5.28. The third kappa shape index (κ3) is 4.56. The standard InChI is InChI=1S/C19H21F2N3O/c1-5-7-18(25-17-9-8-14(20)10-16(17)21)24-19-13(4)23-11-15(19)12(3)22-6-2/h7-11,22-23H,3-6H2,1-2H3/b18-7+,24-19+. The van der Waals surface area contributed by atoms with Crippen LogP contribution in [-0.2, 0) is 0 Å². The van der Waals surface area contributed by atoms with Crippen molar-refractivity contribution in [2.75, 3.05) is 6.54 Å². The molecule has 1 aliphatic heterocycles. The first-order chi connectivity index (χ1) is 12.0. The SMILES string of the molecule is C=C(NCC)C1=CNC(=C)/C1=N\C(=C/CC)Oc1ccc(F)cc1F. The van der Waals surface area contributed by atoms with Gasteiger partial charge in [0.1, 0.15) is 11.5 Å². The van der Waals surface area contributed by atoms with E-state index in [1.54, 1.807) is 12.3 Å². The highest BCUT2D eigenvalue weighted by molar-refractivity contribution is 6.16. The van der Waals surface area contributed by atoms with E-state index >= 15 is 0 Å². The fourth-order valence-corrected chi connectivity index (χ4v) is 2.19. The van der Waals surface area contributed by atoms with E-state index in [9.17, 15) is 8.78 Å². The molecule has 0 amide bonds. The van der Waals surface area contributed by atoms with Gasteiger partial charge in [-0.1, -0.05) is 20.1 Å². The fraction of sp³-hybridized carbons (Fsp3) is 0.211. The van der Waals surface area contributed by atoms with E-state index in [0.717, 1.165) is 17.7 Å².